The molecule has 3 heteroatoms. The van der Waals surface area contributed by atoms with Crippen LogP contribution in [0.25, 0.3) is 0 Å². The van der Waals surface area contributed by atoms with E-state index < -0.39 is 0 Å². The monoisotopic (exact) mass is 248 g/mol. The Morgan fingerprint density at radius 1 is 1.44 bits per heavy atom. The molecule has 1 fully saturated rings. The van der Waals surface area contributed by atoms with E-state index in [9.17, 15) is 0 Å². The molecule has 1 aliphatic carbocycles. The zero-order valence-electron chi connectivity index (χ0n) is 11.6. The topological polar surface area (TPSA) is 38.5 Å². The molecule has 0 aliphatic heterocycles. The van der Waals surface area contributed by atoms with Crippen molar-refractivity contribution in [3.8, 4) is 5.75 Å². The Kier molecular flexibility index (Phi) is 4.12. The summed E-state index contributed by atoms with van der Waals surface area (Å²) in [5.74, 6) is 2.74. The summed E-state index contributed by atoms with van der Waals surface area (Å²) in [4.78, 5) is 2.37. The average molecular weight is 248 g/mol. The first kappa shape index (κ1) is 13.2. The van der Waals surface area contributed by atoms with Crippen LogP contribution in [0.2, 0.25) is 0 Å². The van der Waals surface area contributed by atoms with Crippen molar-refractivity contribution in [2.24, 2.45) is 11.8 Å². The molecule has 2 N–H and O–H groups in total. The van der Waals surface area contributed by atoms with E-state index in [0.717, 1.165) is 29.8 Å². The summed E-state index contributed by atoms with van der Waals surface area (Å²) in [6, 6.07) is 5.90. The van der Waals surface area contributed by atoms with E-state index in [1.165, 1.54) is 18.5 Å². The van der Waals surface area contributed by atoms with Crippen molar-refractivity contribution in [3.05, 3.63) is 23.8 Å². The Morgan fingerprint density at radius 2 is 2.17 bits per heavy atom. The molecule has 1 aromatic carbocycles. The Hall–Kier alpha value is -1.22. The lowest BCUT2D eigenvalue weighted by Crippen LogP contribution is -2.21. The van der Waals surface area contributed by atoms with Crippen molar-refractivity contribution in [1.82, 2.24) is 4.90 Å². The van der Waals surface area contributed by atoms with Crippen LogP contribution in [0.3, 0.4) is 0 Å². The number of hydrogen-bond donors (Lipinski definition) is 1. The van der Waals surface area contributed by atoms with Gasteiger partial charge in [0.15, 0.2) is 0 Å². The summed E-state index contributed by atoms with van der Waals surface area (Å²) in [5, 5.41) is 0. The van der Waals surface area contributed by atoms with Crippen molar-refractivity contribution in [3.63, 3.8) is 0 Å². The van der Waals surface area contributed by atoms with Gasteiger partial charge in [-0.15, -0.1) is 0 Å². The normalized spacial score (nSPS) is 22.2. The van der Waals surface area contributed by atoms with E-state index in [2.05, 4.69) is 18.9 Å². The Bertz CT molecular complexity index is 405. The van der Waals surface area contributed by atoms with Gasteiger partial charge >= 0.3 is 0 Å². The SMILES string of the molecule is CCOc1ccc(N)cc1CN(C)CC1CC1C. The summed E-state index contributed by atoms with van der Waals surface area (Å²) in [7, 11) is 2.17. The van der Waals surface area contributed by atoms with Gasteiger partial charge in [0.2, 0.25) is 0 Å². The highest BCUT2D eigenvalue weighted by Crippen LogP contribution is 2.38. The first-order valence-corrected chi connectivity index (χ1v) is 6.80. The van der Waals surface area contributed by atoms with Crippen molar-refractivity contribution in [1.29, 1.82) is 0 Å². The minimum absolute atomic E-state index is 0.695. The number of nitrogen functional groups attached to an aromatic ring is 1. The number of nitrogens with two attached hydrogens (primary N) is 1. The minimum atomic E-state index is 0.695. The predicted molar refractivity (Wildman–Crippen MR) is 75.6 cm³/mol. The Morgan fingerprint density at radius 3 is 2.78 bits per heavy atom. The zero-order chi connectivity index (χ0) is 13.1. The molecule has 3 nitrogen and oxygen atoms in total. The van der Waals surface area contributed by atoms with E-state index >= 15 is 0 Å². The van der Waals surface area contributed by atoms with E-state index in [1.54, 1.807) is 0 Å². The first-order chi connectivity index (χ1) is 8.60. The third kappa shape index (κ3) is 3.39. The van der Waals surface area contributed by atoms with Crippen molar-refractivity contribution < 1.29 is 4.74 Å². The van der Waals surface area contributed by atoms with Gasteiger partial charge in [0.1, 0.15) is 5.75 Å². The van der Waals surface area contributed by atoms with E-state index in [1.807, 2.05) is 25.1 Å². The Labute approximate surface area is 110 Å². The lowest BCUT2D eigenvalue weighted by molar-refractivity contribution is 0.291. The smallest absolute Gasteiger partial charge is 0.123 e. The molecule has 100 valence electrons. The molecule has 0 heterocycles. The molecule has 0 saturated heterocycles. The van der Waals surface area contributed by atoms with Gasteiger partial charge < -0.3 is 15.4 Å². The number of rotatable bonds is 6. The first-order valence-electron chi connectivity index (χ1n) is 6.80. The minimum Gasteiger partial charge on any atom is -0.494 e. The molecule has 1 saturated carbocycles. The second-order valence-corrected chi connectivity index (χ2v) is 5.47. The van der Waals surface area contributed by atoms with Crippen LogP contribution in [0.15, 0.2) is 18.2 Å². The maximum atomic E-state index is 5.86. The third-order valence-corrected chi connectivity index (χ3v) is 3.65. The number of benzene rings is 1. The van der Waals surface area contributed by atoms with Gasteiger partial charge in [-0.1, -0.05) is 6.92 Å². The van der Waals surface area contributed by atoms with Gasteiger partial charge in [-0.3, -0.25) is 0 Å². The predicted octanol–water partition coefficient (Wildman–Crippen LogP) is 2.76. The van der Waals surface area contributed by atoms with E-state index in [4.69, 9.17) is 10.5 Å². The standard InChI is InChI=1S/C15H24N2O/c1-4-18-15-6-5-14(16)8-13(15)10-17(3)9-12-7-11(12)2/h5-6,8,11-12H,4,7,9-10,16H2,1-3H3. The maximum Gasteiger partial charge on any atom is 0.123 e. The summed E-state index contributed by atoms with van der Waals surface area (Å²) >= 11 is 0. The molecule has 2 atom stereocenters. The van der Waals surface area contributed by atoms with Gasteiger partial charge in [-0.25, -0.2) is 0 Å². The number of ether oxygens (including phenoxy) is 1. The van der Waals surface area contributed by atoms with Gasteiger partial charge in [-0.05, 0) is 50.4 Å². The zero-order valence-corrected chi connectivity index (χ0v) is 11.6. The van der Waals surface area contributed by atoms with Crippen LogP contribution in [0.5, 0.6) is 5.75 Å². The number of anilines is 1. The number of nitrogens with zero attached hydrogens (tertiary/aromatic N) is 1. The van der Waals surface area contributed by atoms with Crippen molar-refractivity contribution >= 4 is 5.69 Å². The molecular formula is C15H24N2O. The molecule has 0 amide bonds. The second kappa shape index (κ2) is 5.61. The number of hydrogen-bond acceptors (Lipinski definition) is 3. The van der Waals surface area contributed by atoms with Crippen LogP contribution >= 0.6 is 0 Å². The largest absolute Gasteiger partial charge is 0.494 e. The van der Waals surface area contributed by atoms with Gasteiger partial charge in [0, 0.05) is 24.3 Å². The molecule has 0 bridgehead atoms. The lowest BCUT2D eigenvalue weighted by atomic mass is 10.1. The molecule has 0 spiro atoms. The quantitative estimate of drug-likeness (QED) is 0.787. The molecule has 0 radical (unpaired) electrons. The van der Waals surface area contributed by atoms with Crippen LogP contribution in [-0.2, 0) is 6.54 Å². The highest BCUT2D eigenvalue weighted by Gasteiger charge is 2.33. The van der Waals surface area contributed by atoms with Crippen molar-refractivity contribution in [2.75, 3.05) is 25.9 Å². The summed E-state index contributed by atoms with van der Waals surface area (Å²) in [6.45, 7) is 7.10. The summed E-state index contributed by atoms with van der Waals surface area (Å²) in [5.41, 5.74) is 7.86. The van der Waals surface area contributed by atoms with Gasteiger partial charge in [-0.2, -0.15) is 0 Å². The summed E-state index contributed by atoms with van der Waals surface area (Å²) in [6.07, 6.45) is 1.37. The average Bonchev–Trinajstić information content (AvgIpc) is 2.98. The highest BCUT2D eigenvalue weighted by molar-refractivity contribution is 5.47. The molecule has 2 unspecified atom stereocenters. The van der Waals surface area contributed by atoms with Crippen LogP contribution < -0.4 is 10.5 Å². The van der Waals surface area contributed by atoms with Crippen LogP contribution in [0, 0.1) is 11.8 Å². The fraction of sp³-hybridized carbons (Fsp3) is 0.600. The molecule has 0 aromatic heterocycles. The lowest BCUT2D eigenvalue weighted by Gasteiger charge is -2.19. The summed E-state index contributed by atoms with van der Waals surface area (Å²) < 4.78 is 5.65. The third-order valence-electron chi connectivity index (χ3n) is 3.65. The van der Waals surface area contributed by atoms with Gasteiger partial charge in [0.05, 0.1) is 6.61 Å². The fourth-order valence-corrected chi connectivity index (χ4v) is 2.43. The second-order valence-electron chi connectivity index (χ2n) is 5.47. The van der Waals surface area contributed by atoms with E-state index in [0.29, 0.717) is 6.61 Å². The van der Waals surface area contributed by atoms with Crippen LogP contribution in [0.4, 0.5) is 5.69 Å². The highest BCUT2D eigenvalue weighted by atomic mass is 16.5. The van der Waals surface area contributed by atoms with Gasteiger partial charge in [0.25, 0.3) is 0 Å². The fourth-order valence-electron chi connectivity index (χ4n) is 2.43. The molecule has 18 heavy (non-hydrogen) atoms. The van der Waals surface area contributed by atoms with Crippen LogP contribution in [-0.4, -0.2) is 25.1 Å². The maximum absolute atomic E-state index is 5.86. The van der Waals surface area contributed by atoms with Crippen molar-refractivity contribution in [2.45, 2.75) is 26.8 Å². The molecule has 1 aliphatic rings. The molecular weight excluding hydrogens is 224 g/mol. The Balaban J connectivity index is 1.99. The van der Waals surface area contributed by atoms with Crippen LogP contribution in [0.1, 0.15) is 25.8 Å². The molecule has 2 rings (SSSR count). The molecule has 1 aromatic rings. The van der Waals surface area contributed by atoms with E-state index in [-0.39, 0.29) is 0 Å².